The van der Waals surface area contributed by atoms with E-state index in [2.05, 4.69) is 51.2 Å². The minimum atomic E-state index is -0.215. The molecule has 1 saturated carbocycles. The number of carbonyl (C=O) groups excluding carboxylic acids is 1. The van der Waals surface area contributed by atoms with E-state index in [9.17, 15) is 9.90 Å². The normalized spacial score (nSPS) is 37.6. The van der Waals surface area contributed by atoms with Crippen LogP contribution in [0.15, 0.2) is 36.0 Å². The number of hydrogen-bond acceptors (Lipinski definition) is 2. The van der Waals surface area contributed by atoms with Gasteiger partial charge in [-0.3, -0.25) is 4.79 Å². The molecule has 0 unspecified atom stereocenters. The van der Waals surface area contributed by atoms with E-state index in [1.165, 1.54) is 0 Å². The maximum absolute atomic E-state index is 12.1. The highest BCUT2D eigenvalue weighted by Gasteiger charge is 2.44. The number of unbranched alkanes of at least 4 members (excludes halogenated alkanes) is 1. The molecule has 0 aromatic carbocycles. The Morgan fingerprint density at radius 1 is 1.27 bits per heavy atom. The lowest BCUT2D eigenvalue weighted by atomic mass is 9.58. The second-order valence-electron chi connectivity index (χ2n) is 8.47. The standard InChI is InChI=1S/C23H37NO2/c1-6-7-13-24-23(26)16(3)9-8-10-20-15(2)11-12-19-14-17(4)22(25)18(5)21(19)20/h8-12,15,17-22,25H,6-7,13-14H2,1-5H3,(H,24,26)/b10-8+,16-9+/t15-,17+,18-,19-,20-,21-,22-/m0/s1. The Bertz CT molecular complexity index is 563. The fourth-order valence-electron chi connectivity index (χ4n) is 4.73. The molecule has 1 fully saturated rings. The molecule has 0 bridgehead atoms. The molecule has 3 heteroatoms. The Balaban J connectivity index is 2.06. The van der Waals surface area contributed by atoms with E-state index in [1.54, 1.807) is 0 Å². The Kier molecular flexibility index (Phi) is 7.69. The molecule has 26 heavy (non-hydrogen) atoms. The molecule has 0 aromatic heterocycles. The van der Waals surface area contributed by atoms with Crippen molar-refractivity contribution in [1.29, 1.82) is 0 Å². The second kappa shape index (κ2) is 9.55. The van der Waals surface area contributed by atoms with E-state index in [0.717, 1.165) is 31.4 Å². The smallest absolute Gasteiger partial charge is 0.246 e. The molecule has 7 atom stereocenters. The number of amides is 1. The molecule has 2 aliphatic rings. The van der Waals surface area contributed by atoms with Crippen LogP contribution in [-0.2, 0) is 4.79 Å². The van der Waals surface area contributed by atoms with Crippen molar-refractivity contribution in [3.05, 3.63) is 36.0 Å². The number of rotatable bonds is 6. The van der Waals surface area contributed by atoms with Crippen LogP contribution in [0.2, 0.25) is 0 Å². The fraction of sp³-hybridized carbons (Fsp3) is 0.696. The van der Waals surface area contributed by atoms with Crippen molar-refractivity contribution in [2.45, 2.75) is 60.0 Å². The Labute approximate surface area is 159 Å². The number of carbonyl (C=O) groups is 1. The van der Waals surface area contributed by atoms with Crippen LogP contribution in [0, 0.1) is 35.5 Å². The summed E-state index contributed by atoms with van der Waals surface area (Å²) >= 11 is 0. The number of aliphatic hydroxyl groups excluding tert-OH is 1. The molecule has 2 aliphatic carbocycles. The van der Waals surface area contributed by atoms with E-state index in [4.69, 9.17) is 0 Å². The van der Waals surface area contributed by atoms with Crippen LogP contribution in [0.1, 0.15) is 53.9 Å². The van der Waals surface area contributed by atoms with Gasteiger partial charge in [0.1, 0.15) is 0 Å². The minimum Gasteiger partial charge on any atom is -0.393 e. The molecule has 0 heterocycles. The van der Waals surface area contributed by atoms with Crippen LogP contribution in [0.3, 0.4) is 0 Å². The Hall–Kier alpha value is -1.35. The predicted molar refractivity (Wildman–Crippen MR) is 109 cm³/mol. The lowest BCUT2D eigenvalue weighted by molar-refractivity contribution is -0.117. The average Bonchev–Trinajstić information content (AvgIpc) is 2.61. The highest BCUT2D eigenvalue weighted by atomic mass is 16.3. The third-order valence-corrected chi connectivity index (χ3v) is 6.43. The number of allylic oxidation sites excluding steroid dienone is 5. The molecule has 146 valence electrons. The van der Waals surface area contributed by atoms with Crippen molar-refractivity contribution in [1.82, 2.24) is 5.32 Å². The van der Waals surface area contributed by atoms with Gasteiger partial charge >= 0.3 is 0 Å². The minimum absolute atomic E-state index is 0.0212. The SMILES string of the molecule is CCCCNC(=O)/C(C)=C/C=C/[C@@H]1[C@H]2[C@H](C)[C@@H](O)[C@H](C)C[C@@H]2C=C[C@@H]1C. The number of hydrogen-bond donors (Lipinski definition) is 2. The van der Waals surface area contributed by atoms with E-state index < -0.39 is 0 Å². The third-order valence-electron chi connectivity index (χ3n) is 6.43. The van der Waals surface area contributed by atoms with Crippen molar-refractivity contribution in [3.8, 4) is 0 Å². The topological polar surface area (TPSA) is 49.3 Å². The predicted octanol–water partition coefficient (Wildman–Crippen LogP) is 4.50. The van der Waals surface area contributed by atoms with Gasteiger partial charge in [0.15, 0.2) is 0 Å². The van der Waals surface area contributed by atoms with Gasteiger partial charge in [-0.15, -0.1) is 0 Å². The first-order valence-electron chi connectivity index (χ1n) is 10.4. The van der Waals surface area contributed by atoms with Crippen LogP contribution in [0.4, 0.5) is 0 Å². The molecular formula is C23H37NO2. The maximum atomic E-state index is 12.1. The zero-order valence-corrected chi connectivity index (χ0v) is 17.1. The largest absolute Gasteiger partial charge is 0.393 e. The number of aliphatic hydroxyl groups is 1. The van der Waals surface area contributed by atoms with Crippen molar-refractivity contribution in [2.75, 3.05) is 6.54 Å². The first-order chi connectivity index (χ1) is 12.4. The van der Waals surface area contributed by atoms with E-state index >= 15 is 0 Å². The van der Waals surface area contributed by atoms with Crippen molar-refractivity contribution >= 4 is 5.91 Å². The first-order valence-corrected chi connectivity index (χ1v) is 10.4. The van der Waals surface area contributed by atoms with Gasteiger partial charge in [0.2, 0.25) is 5.91 Å². The molecule has 1 amide bonds. The van der Waals surface area contributed by atoms with Gasteiger partial charge in [-0.2, -0.15) is 0 Å². The van der Waals surface area contributed by atoms with E-state index in [-0.39, 0.29) is 12.0 Å². The summed E-state index contributed by atoms with van der Waals surface area (Å²) in [6.07, 6.45) is 13.9. The van der Waals surface area contributed by atoms with Crippen LogP contribution in [0.25, 0.3) is 0 Å². The van der Waals surface area contributed by atoms with Crippen molar-refractivity contribution in [2.24, 2.45) is 35.5 Å². The first kappa shape index (κ1) is 21.0. The van der Waals surface area contributed by atoms with Crippen LogP contribution in [0.5, 0.6) is 0 Å². The number of fused-ring (bicyclic) bond motifs is 1. The molecule has 0 radical (unpaired) electrons. The van der Waals surface area contributed by atoms with Gasteiger partial charge in [-0.05, 0) is 55.3 Å². The number of nitrogens with one attached hydrogen (secondary N) is 1. The summed E-state index contributed by atoms with van der Waals surface area (Å²) in [4.78, 5) is 12.1. The summed E-state index contributed by atoms with van der Waals surface area (Å²) in [5.41, 5.74) is 0.748. The monoisotopic (exact) mass is 359 g/mol. The molecule has 3 nitrogen and oxygen atoms in total. The summed E-state index contributed by atoms with van der Waals surface area (Å²) in [5, 5.41) is 13.5. The summed E-state index contributed by atoms with van der Waals surface area (Å²) in [7, 11) is 0. The third kappa shape index (κ3) is 4.88. The van der Waals surface area contributed by atoms with Gasteiger partial charge in [0.05, 0.1) is 6.10 Å². The van der Waals surface area contributed by atoms with Crippen LogP contribution < -0.4 is 5.32 Å². The highest BCUT2D eigenvalue weighted by Crippen LogP contribution is 2.48. The summed E-state index contributed by atoms with van der Waals surface area (Å²) in [5.74, 6) is 2.59. The van der Waals surface area contributed by atoms with Gasteiger partial charge in [0, 0.05) is 12.1 Å². The van der Waals surface area contributed by atoms with E-state index in [1.807, 2.05) is 19.1 Å². The van der Waals surface area contributed by atoms with Crippen LogP contribution >= 0.6 is 0 Å². The summed E-state index contributed by atoms with van der Waals surface area (Å²) in [6.45, 7) is 11.4. The van der Waals surface area contributed by atoms with Crippen molar-refractivity contribution in [3.63, 3.8) is 0 Å². The molecular weight excluding hydrogens is 322 g/mol. The quantitative estimate of drug-likeness (QED) is 0.317. The Morgan fingerprint density at radius 2 is 2.00 bits per heavy atom. The van der Waals surface area contributed by atoms with Gasteiger partial charge in [0.25, 0.3) is 0 Å². The molecule has 0 aromatic rings. The summed E-state index contributed by atoms with van der Waals surface area (Å²) in [6, 6.07) is 0. The summed E-state index contributed by atoms with van der Waals surface area (Å²) < 4.78 is 0. The molecule has 0 aliphatic heterocycles. The zero-order valence-electron chi connectivity index (χ0n) is 17.1. The molecule has 0 saturated heterocycles. The van der Waals surface area contributed by atoms with E-state index in [0.29, 0.717) is 35.5 Å². The molecule has 0 spiro atoms. The lowest BCUT2D eigenvalue weighted by Crippen LogP contribution is -2.46. The highest BCUT2D eigenvalue weighted by molar-refractivity contribution is 5.93. The fourth-order valence-corrected chi connectivity index (χ4v) is 4.73. The molecule has 2 rings (SSSR count). The van der Waals surface area contributed by atoms with Gasteiger partial charge < -0.3 is 10.4 Å². The zero-order chi connectivity index (χ0) is 19.3. The van der Waals surface area contributed by atoms with Crippen molar-refractivity contribution < 1.29 is 9.90 Å². The second-order valence-corrected chi connectivity index (χ2v) is 8.47. The Morgan fingerprint density at radius 3 is 2.69 bits per heavy atom. The van der Waals surface area contributed by atoms with Gasteiger partial charge in [-0.1, -0.05) is 64.5 Å². The molecule has 2 N–H and O–H groups in total. The van der Waals surface area contributed by atoms with Gasteiger partial charge in [-0.25, -0.2) is 0 Å². The average molecular weight is 360 g/mol. The maximum Gasteiger partial charge on any atom is 0.246 e. The lowest BCUT2D eigenvalue weighted by Gasteiger charge is -2.48. The van der Waals surface area contributed by atoms with Crippen LogP contribution in [-0.4, -0.2) is 23.7 Å².